The molecule has 1 saturated carbocycles. The first-order chi connectivity index (χ1) is 13.3. The van der Waals surface area contributed by atoms with Gasteiger partial charge in [-0.15, -0.1) is 0 Å². The molecule has 4 nitrogen and oxygen atoms in total. The molecule has 2 aromatic carbocycles. The lowest BCUT2D eigenvalue weighted by Gasteiger charge is -2.25. The summed E-state index contributed by atoms with van der Waals surface area (Å²) in [6, 6.07) is 16.2. The topological polar surface area (TPSA) is 65.3 Å². The van der Waals surface area contributed by atoms with Crippen LogP contribution in [0, 0.1) is 11.3 Å². The van der Waals surface area contributed by atoms with E-state index in [1.54, 1.807) is 18.2 Å². The van der Waals surface area contributed by atoms with Gasteiger partial charge in [0.25, 0.3) is 0 Å². The van der Waals surface area contributed by atoms with Gasteiger partial charge in [0.15, 0.2) is 5.60 Å². The molecule has 148 valence electrons. The second-order valence-corrected chi connectivity index (χ2v) is 7.05. The van der Waals surface area contributed by atoms with E-state index in [4.69, 9.17) is 10.00 Å². The van der Waals surface area contributed by atoms with Gasteiger partial charge in [-0.2, -0.15) is 18.4 Å². The second-order valence-electron chi connectivity index (χ2n) is 7.05. The van der Waals surface area contributed by atoms with Crippen LogP contribution in [0.4, 0.5) is 13.2 Å². The predicted octanol–water partition coefficient (Wildman–Crippen LogP) is 4.07. The normalized spacial score (nSPS) is 22.0. The molecular weight excluding hydrogens is 369 g/mol. The molecule has 2 aromatic rings. The van der Waals surface area contributed by atoms with E-state index in [-0.39, 0.29) is 25.9 Å². The number of halogens is 3. The molecule has 0 saturated heterocycles. The smallest absolute Gasteiger partial charge is 0.417 e. The third kappa shape index (κ3) is 4.64. The number of hydrogen-bond acceptors (Lipinski definition) is 4. The van der Waals surface area contributed by atoms with E-state index in [1.165, 1.54) is 0 Å². The Morgan fingerprint density at radius 2 is 2.00 bits per heavy atom. The molecule has 28 heavy (non-hydrogen) atoms. The Bertz CT molecular complexity index is 863. The van der Waals surface area contributed by atoms with E-state index in [0.29, 0.717) is 17.9 Å². The van der Waals surface area contributed by atoms with E-state index >= 15 is 0 Å². The summed E-state index contributed by atoms with van der Waals surface area (Å²) in [7, 11) is 0. The fourth-order valence-electron chi connectivity index (χ4n) is 3.38. The van der Waals surface area contributed by atoms with Crippen molar-refractivity contribution >= 4 is 0 Å². The van der Waals surface area contributed by atoms with Crippen molar-refractivity contribution < 1.29 is 23.0 Å². The van der Waals surface area contributed by atoms with Gasteiger partial charge in [-0.05, 0) is 36.6 Å². The van der Waals surface area contributed by atoms with Gasteiger partial charge in [-0.1, -0.05) is 30.3 Å². The summed E-state index contributed by atoms with van der Waals surface area (Å²) in [4.78, 5) is 0. The number of rotatable bonds is 6. The third-order valence-corrected chi connectivity index (χ3v) is 5.04. The van der Waals surface area contributed by atoms with Crippen LogP contribution in [-0.4, -0.2) is 22.9 Å². The van der Waals surface area contributed by atoms with Crippen molar-refractivity contribution in [3.8, 4) is 11.8 Å². The van der Waals surface area contributed by atoms with Crippen molar-refractivity contribution in [1.82, 2.24) is 5.32 Å². The maximum absolute atomic E-state index is 12.9. The molecule has 2 atom stereocenters. The zero-order valence-corrected chi connectivity index (χ0v) is 15.2. The largest absolute Gasteiger partial charge is 0.489 e. The molecule has 1 aliphatic rings. The molecule has 0 aromatic heterocycles. The van der Waals surface area contributed by atoms with Crippen molar-refractivity contribution in [3.63, 3.8) is 0 Å². The molecule has 0 bridgehead atoms. The van der Waals surface area contributed by atoms with Crippen molar-refractivity contribution in [2.75, 3.05) is 0 Å². The first-order valence-corrected chi connectivity index (χ1v) is 9.03. The van der Waals surface area contributed by atoms with Crippen LogP contribution in [-0.2, 0) is 13.2 Å². The van der Waals surface area contributed by atoms with Crippen molar-refractivity contribution in [2.24, 2.45) is 0 Å². The molecule has 2 N–H and O–H groups in total. The summed E-state index contributed by atoms with van der Waals surface area (Å²) in [5.41, 5.74) is -0.387. The number of nitrogens with one attached hydrogen (secondary N) is 1. The van der Waals surface area contributed by atoms with E-state index in [0.717, 1.165) is 11.1 Å². The lowest BCUT2D eigenvalue weighted by atomic mass is 10.0. The Morgan fingerprint density at radius 1 is 1.21 bits per heavy atom. The molecule has 0 radical (unpaired) electrons. The maximum Gasteiger partial charge on any atom is 0.417 e. The Morgan fingerprint density at radius 3 is 2.71 bits per heavy atom. The highest BCUT2D eigenvalue weighted by molar-refractivity contribution is 5.37. The van der Waals surface area contributed by atoms with Gasteiger partial charge >= 0.3 is 6.18 Å². The van der Waals surface area contributed by atoms with E-state index in [1.807, 2.05) is 30.3 Å². The quantitative estimate of drug-likeness (QED) is 0.780. The summed E-state index contributed by atoms with van der Waals surface area (Å²) in [5.74, 6) is 0.616. The number of nitrogens with zero attached hydrogens (tertiary/aromatic N) is 1. The van der Waals surface area contributed by atoms with Crippen LogP contribution < -0.4 is 10.1 Å². The zero-order valence-electron chi connectivity index (χ0n) is 15.2. The van der Waals surface area contributed by atoms with Crippen molar-refractivity contribution in [2.45, 2.75) is 50.2 Å². The lowest BCUT2D eigenvalue weighted by molar-refractivity contribution is -0.257. The summed E-state index contributed by atoms with van der Waals surface area (Å²) in [5, 5.41) is 22.0. The lowest BCUT2D eigenvalue weighted by Crippen LogP contribution is -2.44. The predicted molar refractivity (Wildman–Crippen MR) is 97.4 cm³/mol. The minimum absolute atomic E-state index is 0.252. The summed E-state index contributed by atoms with van der Waals surface area (Å²) in [6.45, 7) is 0.631. The molecule has 0 aliphatic heterocycles. The highest BCUT2D eigenvalue weighted by atomic mass is 19.4. The second kappa shape index (κ2) is 8.21. The number of aliphatic hydroxyl groups is 1. The summed E-state index contributed by atoms with van der Waals surface area (Å²) in [6.07, 6.45) is -4.94. The summed E-state index contributed by atoms with van der Waals surface area (Å²) < 4.78 is 44.5. The fraction of sp³-hybridized carbons (Fsp3) is 0.381. The van der Waals surface area contributed by atoms with E-state index < -0.39 is 17.8 Å². The van der Waals surface area contributed by atoms with Gasteiger partial charge in [-0.3, -0.25) is 0 Å². The number of nitriles is 1. The first kappa shape index (κ1) is 20.2. The van der Waals surface area contributed by atoms with Gasteiger partial charge in [0.1, 0.15) is 12.4 Å². The van der Waals surface area contributed by atoms with Gasteiger partial charge in [-0.25, -0.2) is 0 Å². The van der Waals surface area contributed by atoms with Crippen LogP contribution in [0.1, 0.15) is 36.0 Å². The Labute approximate surface area is 161 Å². The number of hydrogen-bond donors (Lipinski definition) is 2. The fourth-order valence-corrected chi connectivity index (χ4v) is 3.38. The third-order valence-electron chi connectivity index (χ3n) is 5.04. The van der Waals surface area contributed by atoms with Crippen LogP contribution >= 0.6 is 0 Å². The minimum Gasteiger partial charge on any atom is -0.489 e. The number of ether oxygens (including phenoxy) is 1. The van der Waals surface area contributed by atoms with Crippen LogP contribution in [0.15, 0.2) is 48.5 Å². The molecular formula is C21H21F3N2O2. The molecule has 0 amide bonds. The highest BCUT2D eigenvalue weighted by Crippen LogP contribution is 2.42. The van der Waals surface area contributed by atoms with Crippen LogP contribution in [0.5, 0.6) is 5.75 Å². The van der Waals surface area contributed by atoms with Crippen molar-refractivity contribution in [1.29, 1.82) is 5.26 Å². The van der Waals surface area contributed by atoms with Crippen molar-refractivity contribution in [3.05, 3.63) is 65.2 Å². The molecule has 3 rings (SSSR count). The van der Waals surface area contributed by atoms with E-state index in [2.05, 4.69) is 11.4 Å². The average Bonchev–Trinajstić information content (AvgIpc) is 3.08. The van der Waals surface area contributed by atoms with Gasteiger partial charge < -0.3 is 15.2 Å². The number of alkyl halides is 3. The van der Waals surface area contributed by atoms with Crippen LogP contribution in [0.3, 0.4) is 0 Å². The average molecular weight is 390 g/mol. The maximum atomic E-state index is 12.9. The first-order valence-electron chi connectivity index (χ1n) is 9.03. The SMILES string of the molecule is N#Cc1ccccc1COc1cccc(CNC2CCC(O)(C(F)(F)F)C2)c1. The Kier molecular flexibility index (Phi) is 5.92. The molecule has 0 heterocycles. The monoisotopic (exact) mass is 390 g/mol. The molecule has 0 spiro atoms. The van der Waals surface area contributed by atoms with Gasteiger partial charge in [0, 0.05) is 24.6 Å². The van der Waals surface area contributed by atoms with Crippen LogP contribution in [0.2, 0.25) is 0 Å². The van der Waals surface area contributed by atoms with Gasteiger partial charge in [0.2, 0.25) is 0 Å². The standard InChI is InChI=1S/C21H21F3N2O2/c22-21(23,24)20(27)9-8-18(11-20)26-13-15-4-3-7-19(10-15)28-14-17-6-2-1-5-16(17)12-25/h1-7,10,18,26-27H,8-9,11,13-14H2. The Balaban J connectivity index is 1.55. The molecule has 1 aliphatic carbocycles. The summed E-state index contributed by atoms with van der Waals surface area (Å²) >= 11 is 0. The van der Waals surface area contributed by atoms with E-state index in [9.17, 15) is 18.3 Å². The molecule has 2 unspecified atom stereocenters. The van der Waals surface area contributed by atoms with Crippen LogP contribution in [0.25, 0.3) is 0 Å². The molecule has 1 fully saturated rings. The highest BCUT2D eigenvalue weighted by Gasteiger charge is 2.57. The van der Waals surface area contributed by atoms with Gasteiger partial charge in [0.05, 0.1) is 11.6 Å². The Hall–Kier alpha value is -2.56. The zero-order chi connectivity index (χ0) is 20.2. The minimum atomic E-state index is -4.60. The number of benzene rings is 2. The molecule has 7 heteroatoms.